The summed E-state index contributed by atoms with van der Waals surface area (Å²) in [5, 5.41) is 18.6. The molecule has 3 aromatic rings. The lowest BCUT2D eigenvalue weighted by Gasteiger charge is -2.14. The van der Waals surface area contributed by atoms with Crippen molar-refractivity contribution >= 4 is 11.7 Å². The molecule has 0 spiro atoms. The molecule has 1 aromatic heterocycles. The number of carbonyl (C=O) groups excluding carboxylic acids is 1. The van der Waals surface area contributed by atoms with Crippen molar-refractivity contribution in [1.29, 1.82) is 0 Å². The number of carbonyl (C=O) groups is 1. The number of esters is 1. The number of ether oxygens (including phenoxy) is 3. The predicted molar refractivity (Wildman–Crippen MR) is 114 cm³/mol. The van der Waals surface area contributed by atoms with E-state index in [0.29, 0.717) is 35.8 Å². The molecule has 0 aliphatic heterocycles. The fourth-order valence-corrected chi connectivity index (χ4v) is 2.75. The summed E-state index contributed by atoms with van der Waals surface area (Å²) in [4.78, 5) is 22.9. The summed E-state index contributed by atoms with van der Waals surface area (Å²) in [6, 6.07) is 10.5. The van der Waals surface area contributed by atoms with Crippen LogP contribution in [0, 0.1) is 10.1 Å². The molecule has 0 saturated heterocycles. The average molecular weight is 441 g/mol. The Bertz CT molecular complexity index is 1080. The quantitative estimate of drug-likeness (QED) is 0.249. The topological polar surface area (TPSA) is 127 Å². The van der Waals surface area contributed by atoms with Crippen LogP contribution in [0.4, 0.5) is 5.69 Å². The molecule has 0 radical (unpaired) electrons. The van der Waals surface area contributed by atoms with Crippen LogP contribution in [-0.4, -0.2) is 34.3 Å². The van der Waals surface area contributed by atoms with Gasteiger partial charge < -0.3 is 18.6 Å². The highest BCUT2D eigenvalue weighted by Gasteiger charge is 2.21. The van der Waals surface area contributed by atoms with Gasteiger partial charge >= 0.3 is 5.97 Å². The second-order valence-corrected chi connectivity index (χ2v) is 6.74. The van der Waals surface area contributed by atoms with Gasteiger partial charge in [0.05, 0.1) is 23.7 Å². The van der Waals surface area contributed by atoms with Gasteiger partial charge in [-0.05, 0) is 50.6 Å². The van der Waals surface area contributed by atoms with Crippen LogP contribution in [0.15, 0.2) is 46.9 Å². The van der Waals surface area contributed by atoms with E-state index in [9.17, 15) is 14.9 Å². The molecule has 1 atom stereocenters. The van der Waals surface area contributed by atoms with E-state index in [4.69, 9.17) is 18.6 Å². The molecular formula is C22H23N3O7. The summed E-state index contributed by atoms with van der Waals surface area (Å²) in [5.41, 5.74) is 0.754. The number of rotatable bonds is 10. The first-order chi connectivity index (χ1) is 15.4. The van der Waals surface area contributed by atoms with Crippen LogP contribution in [0.25, 0.3) is 11.5 Å². The molecule has 0 aliphatic rings. The second kappa shape index (κ2) is 10.4. The lowest BCUT2D eigenvalue weighted by Crippen LogP contribution is -2.10. The summed E-state index contributed by atoms with van der Waals surface area (Å²) >= 11 is 0. The zero-order valence-corrected chi connectivity index (χ0v) is 17.9. The van der Waals surface area contributed by atoms with E-state index < -0.39 is 17.0 Å². The largest absolute Gasteiger partial charge is 0.490 e. The normalized spacial score (nSPS) is 11.6. The van der Waals surface area contributed by atoms with Gasteiger partial charge in [0.25, 0.3) is 11.6 Å². The molecule has 10 nitrogen and oxygen atoms in total. The Morgan fingerprint density at radius 3 is 2.50 bits per heavy atom. The van der Waals surface area contributed by atoms with E-state index >= 15 is 0 Å². The average Bonchev–Trinajstić information content (AvgIpc) is 3.29. The molecule has 2 aromatic carbocycles. The van der Waals surface area contributed by atoms with Crippen LogP contribution < -0.4 is 9.47 Å². The molecule has 0 saturated carbocycles. The minimum atomic E-state index is -0.812. The van der Waals surface area contributed by atoms with E-state index in [1.165, 1.54) is 24.3 Å². The maximum absolute atomic E-state index is 12.6. The number of hydrogen-bond acceptors (Lipinski definition) is 9. The van der Waals surface area contributed by atoms with Crippen molar-refractivity contribution in [2.24, 2.45) is 0 Å². The van der Waals surface area contributed by atoms with E-state index in [1.807, 2.05) is 13.8 Å². The van der Waals surface area contributed by atoms with Gasteiger partial charge in [-0.15, -0.1) is 10.2 Å². The van der Waals surface area contributed by atoms with E-state index in [-0.39, 0.29) is 17.5 Å². The van der Waals surface area contributed by atoms with E-state index in [1.54, 1.807) is 25.1 Å². The molecule has 1 heterocycles. The van der Waals surface area contributed by atoms with Crippen molar-refractivity contribution < 1.29 is 28.3 Å². The number of nitro benzene ring substituents is 1. The number of nitrogens with zero attached hydrogens (tertiary/aromatic N) is 3. The third kappa shape index (κ3) is 5.39. The van der Waals surface area contributed by atoms with Crippen LogP contribution in [0.1, 0.15) is 49.5 Å². The standard InChI is InChI=1S/C22H23N3O7/c1-4-12-30-18-11-8-16(13-19(18)29-5-2)22(26)31-14(3)20-23-24-21(32-20)15-6-9-17(10-7-15)25(27)28/h6-11,13-14H,4-5,12H2,1-3H3. The zero-order chi connectivity index (χ0) is 23.1. The number of benzene rings is 2. The van der Waals surface area contributed by atoms with Gasteiger partial charge in [-0.3, -0.25) is 10.1 Å². The molecule has 0 bridgehead atoms. The zero-order valence-electron chi connectivity index (χ0n) is 17.9. The van der Waals surface area contributed by atoms with Crippen molar-refractivity contribution in [3.8, 4) is 23.0 Å². The first-order valence-electron chi connectivity index (χ1n) is 10.1. The van der Waals surface area contributed by atoms with E-state index in [2.05, 4.69) is 10.2 Å². The van der Waals surface area contributed by atoms with Gasteiger partial charge in [0.1, 0.15) is 0 Å². The molecule has 0 fully saturated rings. The van der Waals surface area contributed by atoms with Gasteiger partial charge in [-0.25, -0.2) is 4.79 Å². The van der Waals surface area contributed by atoms with Gasteiger partial charge in [0.2, 0.25) is 5.89 Å². The highest BCUT2D eigenvalue weighted by atomic mass is 16.6. The minimum Gasteiger partial charge on any atom is -0.490 e. The molecule has 32 heavy (non-hydrogen) atoms. The molecule has 0 aliphatic carbocycles. The molecule has 0 N–H and O–H groups in total. The Kier molecular flexibility index (Phi) is 7.37. The molecule has 3 rings (SSSR count). The van der Waals surface area contributed by atoms with Crippen LogP contribution in [0.5, 0.6) is 11.5 Å². The number of hydrogen-bond donors (Lipinski definition) is 0. The highest BCUT2D eigenvalue weighted by Crippen LogP contribution is 2.30. The molecular weight excluding hydrogens is 418 g/mol. The highest BCUT2D eigenvalue weighted by molar-refractivity contribution is 5.90. The van der Waals surface area contributed by atoms with Gasteiger partial charge in [-0.1, -0.05) is 6.92 Å². The summed E-state index contributed by atoms with van der Waals surface area (Å²) in [6.07, 6.45) is 0.0344. The number of nitro groups is 1. The summed E-state index contributed by atoms with van der Waals surface area (Å²) in [5.74, 6) is 0.688. The predicted octanol–water partition coefficient (Wildman–Crippen LogP) is 4.75. The maximum Gasteiger partial charge on any atom is 0.339 e. The second-order valence-electron chi connectivity index (χ2n) is 6.74. The SMILES string of the molecule is CCCOc1ccc(C(=O)OC(C)c2nnc(-c3ccc([N+](=O)[O-])cc3)o2)cc1OCC. The van der Waals surface area contributed by atoms with Crippen molar-refractivity contribution in [2.75, 3.05) is 13.2 Å². The third-order valence-electron chi connectivity index (χ3n) is 4.34. The van der Waals surface area contributed by atoms with Crippen LogP contribution in [-0.2, 0) is 4.74 Å². The molecule has 1 unspecified atom stereocenters. The summed E-state index contributed by atoms with van der Waals surface area (Å²) in [6.45, 7) is 6.40. The Morgan fingerprint density at radius 1 is 1.09 bits per heavy atom. The smallest absolute Gasteiger partial charge is 0.339 e. The Morgan fingerprint density at radius 2 is 1.84 bits per heavy atom. The molecule has 168 valence electrons. The van der Waals surface area contributed by atoms with Crippen LogP contribution in [0.2, 0.25) is 0 Å². The van der Waals surface area contributed by atoms with Crippen molar-refractivity contribution in [2.45, 2.75) is 33.3 Å². The lowest BCUT2D eigenvalue weighted by molar-refractivity contribution is -0.384. The summed E-state index contributed by atoms with van der Waals surface area (Å²) < 4.78 is 22.3. The maximum atomic E-state index is 12.6. The lowest BCUT2D eigenvalue weighted by atomic mass is 10.2. The third-order valence-corrected chi connectivity index (χ3v) is 4.34. The van der Waals surface area contributed by atoms with Gasteiger partial charge in [-0.2, -0.15) is 0 Å². The Balaban J connectivity index is 1.70. The monoisotopic (exact) mass is 441 g/mol. The van der Waals surface area contributed by atoms with Crippen LogP contribution >= 0.6 is 0 Å². The number of non-ortho nitro benzene ring substituents is 1. The Labute approximate surface area is 184 Å². The van der Waals surface area contributed by atoms with Gasteiger partial charge in [0.15, 0.2) is 17.6 Å². The fourth-order valence-electron chi connectivity index (χ4n) is 2.75. The fraction of sp³-hybridized carbons (Fsp3) is 0.318. The van der Waals surface area contributed by atoms with Crippen LogP contribution in [0.3, 0.4) is 0 Å². The minimum absolute atomic E-state index is 0.0479. The first kappa shape index (κ1) is 22.7. The first-order valence-corrected chi connectivity index (χ1v) is 10.1. The molecule has 10 heteroatoms. The van der Waals surface area contributed by atoms with Crippen molar-refractivity contribution in [3.63, 3.8) is 0 Å². The van der Waals surface area contributed by atoms with Crippen molar-refractivity contribution in [1.82, 2.24) is 10.2 Å². The number of aromatic nitrogens is 2. The molecule has 0 amide bonds. The van der Waals surface area contributed by atoms with E-state index in [0.717, 1.165) is 6.42 Å². The van der Waals surface area contributed by atoms with Gasteiger partial charge in [0, 0.05) is 17.7 Å². The summed E-state index contributed by atoms with van der Waals surface area (Å²) in [7, 11) is 0. The Hall–Kier alpha value is -3.95. The van der Waals surface area contributed by atoms with Crippen molar-refractivity contribution in [3.05, 3.63) is 64.0 Å².